The van der Waals surface area contributed by atoms with Crippen LogP contribution in [0.15, 0.2) is 66.4 Å². The number of hydrogen-bond donors (Lipinski definition) is 3. The predicted molar refractivity (Wildman–Crippen MR) is 123 cm³/mol. The summed E-state index contributed by atoms with van der Waals surface area (Å²) in [6.07, 6.45) is 4.95. The fourth-order valence-electron chi connectivity index (χ4n) is 2.24. The fraction of sp³-hybridized carbons (Fsp3) is 0.250. The highest BCUT2D eigenvalue weighted by Gasteiger charge is 2.06. The maximum atomic E-state index is 12.1. The molecule has 3 N–H and O–H groups in total. The van der Waals surface area contributed by atoms with Crippen molar-refractivity contribution in [2.75, 3.05) is 25.0 Å². The van der Waals surface area contributed by atoms with E-state index in [1.807, 2.05) is 31.2 Å². The molecule has 1 aromatic heterocycles. The van der Waals surface area contributed by atoms with Crippen LogP contribution in [0.25, 0.3) is 0 Å². The van der Waals surface area contributed by atoms with Gasteiger partial charge in [0.05, 0.1) is 25.0 Å². The number of guanidine groups is 1. The molecule has 2 aromatic rings. The normalized spacial score (nSPS) is 10.4. The Bertz CT molecular complexity index is 768. The number of amides is 1. The SMILES string of the molecule is C=CCOc1ccccc1CN=C(NCC)NCC(=O)Nc1cccnc1.I. The molecule has 28 heavy (non-hydrogen) atoms. The molecule has 150 valence electrons. The van der Waals surface area contributed by atoms with E-state index in [1.165, 1.54) is 0 Å². The lowest BCUT2D eigenvalue weighted by molar-refractivity contribution is -0.115. The Kier molecular flexibility index (Phi) is 11.3. The molecule has 0 spiro atoms. The van der Waals surface area contributed by atoms with Gasteiger partial charge >= 0.3 is 0 Å². The van der Waals surface area contributed by atoms with E-state index in [2.05, 4.69) is 32.5 Å². The third-order valence-electron chi connectivity index (χ3n) is 3.44. The highest BCUT2D eigenvalue weighted by atomic mass is 127. The van der Waals surface area contributed by atoms with Crippen LogP contribution in [0.1, 0.15) is 12.5 Å². The third-order valence-corrected chi connectivity index (χ3v) is 3.44. The van der Waals surface area contributed by atoms with Crippen molar-refractivity contribution in [1.29, 1.82) is 0 Å². The van der Waals surface area contributed by atoms with Crippen LogP contribution in [0.2, 0.25) is 0 Å². The van der Waals surface area contributed by atoms with E-state index < -0.39 is 0 Å². The van der Waals surface area contributed by atoms with Gasteiger partial charge in [-0.25, -0.2) is 4.99 Å². The Balaban J connectivity index is 0.00000392. The minimum absolute atomic E-state index is 0. The van der Waals surface area contributed by atoms with Crippen LogP contribution in [-0.2, 0) is 11.3 Å². The Hall–Kier alpha value is -2.62. The van der Waals surface area contributed by atoms with Gasteiger partial charge in [0.1, 0.15) is 12.4 Å². The van der Waals surface area contributed by atoms with Crippen molar-refractivity contribution < 1.29 is 9.53 Å². The van der Waals surface area contributed by atoms with Gasteiger partial charge in [-0.05, 0) is 25.1 Å². The Labute approximate surface area is 182 Å². The zero-order valence-corrected chi connectivity index (χ0v) is 18.2. The molecule has 0 radical (unpaired) electrons. The van der Waals surface area contributed by atoms with Crippen LogP contribution in [0.5, 0.6) is 5.75 Å². The number of aliphatic imine (C=N–C) groups is 1. The summed E-state index contributed by atoms with van der Waals surface area (Å²) >= 11 is 0. The first-order valence-corrected chi connectivity index (χ1v) is 8.76. The summed E-state index contributed by atoms with van der Waals surface area (Å²) in [7, 11) is 0. The van der Waals surface area contributed by atoms with Crippen LogP contribution in [-0.4, -0.2) is 36.5 Å². The molecular formula is C20H26IN5O2. The second-order valence-corrected chi connectivity index (χ2v) is 5.55. The molecule has 0 aliphatic carbocycles. The zero-order chi connectivity index (χ0) is 19.3. The monoisotopic (exact) mass is 495 g/mol. The average molecular weight is 495 g/mol. The van der Waals surface area contributed by atoms with Gasteiger partial charge in [-0.1, -0.05) is 30.9 Å². The minimum atomic E-state index is -0.177. The van der Waals surface area contributed by atoms with Gasteiger partial charge in [-0.15, -0.1) is 24.0 Å². The van der Waals surface area contributed by atoms with Crippen molar-refractivity contribution >= 4 is 41.5 Å². The lowest BCUT2D eigenvalue weighted by atomic mass is 10.2. The van der Waals surface area contributed by atoms with Gasteiger partial charge in [0, 0.05) is 18.3 Å². The van der Waals surface area contributed by atoms with Gasteiger partial charge < -0.3 is 20.7 Å². The van der Waals surface area contributed by atoms with Crippen molar-refractivity contribution in [3.05, 3.63) is 67.0 Å². The number of aromatic nitrogens is 1. The fourth-order valence-corrected chi connectivity index (χ4v) is 2.24. The van der Waals surface area contributed by atoms with E-state index in [1.54, 1.807) is 30.6 Å². The van der Waals surface area contributed by atoms with Gasteiger partial charge in [0.15, 0.2) is 5.96 Å². The standard InChI is InChI=1S/C20H25N5O2.HI/c1-3-12-27-18-10-6-5-8-16(18)13-23-20(22-4-2)24-15-19(26)25-17-9-7-11-21-14-17;/h3,5-11,14H,1,4,12-13,15H2,2H3,(H,25,26)(H2,22,23,24);1H. The van der Waals surface area contributed by atoms with Crippen LogP contribution in [0.3, 0.4) is 0 Å². The number of carbonyl (C=O) groups excluding carboxylic acids is 1. The van der Waals surface area contributed by atoms with E-state index in [-0.39, 0.29) is 36.4 Å². The summed E-state index contributed by atoms with van der Waals surface area (Å²) in [5.74, 6) is 1.15. The van der Waals surface area contributed by atoms with E-state index in [9.17, 15) is 4.79 Å². The molecule has 0 saturated carbocycles. The minimum Gasteiger partial charge on any atom is -0.489 e. The molecule has 7 nitrogen and oxygen atoms in total. The van der Waals surface area contributed by atoms with Crippen LogP contribution < -0.4 is 20.7 Å². The molecular weight excluding hydrogens is 469 g/mol. The lowest BCUT2D eigenvalue weighted by Gasteiger charge is -2.12. The van der Waals surface area contributed by atoms with E-state index in [0.717, 1.165) is 11.3 Å². The lowest BCUT2D eigenvalue weighted by Crippen LogP contribution is -2.41. The highest BCUT2D eigenvalue weighted by molar-refractivity contribution is 14.0. The van der Waals surface area contributed by atoms with Gasteiger partial charge in [0.25, 0.3) is 0 Å². The number of para-hydroxylation sites is 1. The number of carbonyl (C=O) groups is 1. The summed E-state index contributed by atoms with van der Waals surface area (Å²) < 4.78 is 5.64. The van der Waals surface area contributed by atoms with Crippen LogP contribution in [0.4, 0.5) is 5.69 Å². The molecule has 0 bridgehead atoms. The third kappa shape index (κ3) is 8.38. The molecule has 0 aliphatic heterocycles. The van der Waals surface area contributed by atoms with Crippen molar-refractivity contribution in [3.63, 3.8) is 0 Å². The molecule has 1 heterocycles. The first-order valence-electron chi connectivity index (χ1n) is 8.76. The number of nitrogens with one attached hydrogen (secondary N) is 3. The first-order chi connectivity index (χ1) is 13.2. The molecule has 1 aromatic carbocycles. The molecule has 1 amide bonds. The van der Waals surface area contributed by atoms with E-state index in [4.69, 9.17) is 4.74 Å². The zero-order valence-electron chi connectivity index (χ0n) is 15.9. The number of hydrogen-bond acceptors (Lipinski definition) is 4. The van der Waals surface area contributed by atoms with E-state index in [0.29, 0.717) is 31.3 Å². The van der Waals surface area contributed by atoms with Gasteiger partial charge in [-0.2, -0.15) is 0 Å². The summed E-state index contributed by atoms with van der Waals surface area (Å²) in [5, 5.41) is 8.92. The molecule has 0 fully saturated rings. The summed E-state index contributed by atoms with van der Waals surface area (Å²) in [4.78, 5) is 20.5. The number of halogens is 1. The van der Waals surface area contributed by atoms with Gasteiger partial charge in [-0.3, -0.25) is 9.78 Å². The predicted octanol–water partition coefficient (Wildman–Crippen LogP) is 2.96. The number of nitrogens with zero attached hydrogens (tertiary/aromatic N) is 2. The molecule has 8 heteroatoms. The second-order valence-electron chi connectivity index (χ2n) is 5.55. The van der Waals surface area contributed by atoms with Crippen molar-refractivity contribution in [1.82, 2.24) is 15.6 Å². The largest absolute Gasteiger partial charge is 0.489 e. The van der Waals surface area contributed by atoms with E-state index >= 15 is 0 Å². The number of anilines is 1. The second kappa shape index (κ2) is 13.5. The summed E-state index contributed by atoms with van der Waals surface area (Å²) in [6, 6.07) is 11.3. The number of rotatable bonds is 9. The number of pyridine rings is 1. The molecule has 0 aliphatic rings. The Morgan fingerprint density at radius 3 is 2.79 bits per heavy atom. The summed E-state index contributed by atoms with van der Waals surface area (Å²) in [6.45, 7) is 7.27. The Morgan fingerprint density at radius 2 is 2.07 bits per heavy atom. The average Bonchev–Trinajstić information content (AvgIpc) is 2.70. The molecule has 2 rings (SSSR count). The molecule has 0 saturated heterocycles. The van der Waals surface area contributed by atoms with Crippen LogP contribution >= 0.6 is 24.0 Å². The molecule has 0 atom stereocenters. The van der Waals surface area contributed by atoms with Crippen molar-refractivity contribution in [2.24, 2.45) is 4.99 Å². The number of ether oxygens (including phenoxy) is 1. The Morgan fingerprint density at radius 1 is 1.25 bits per heavy atom. The highest BCUT2D eigenvalue weighted by Crippen LogP contribution is 2.18. The first kappa shape index (κ1) is 23.4. The molecule has 0 unspecified atom stereocenters. The summed E-state index contributed by atoms with van der Waals surface area (Å²) in [5.41, 5.74) is 1.61. The van der Waals surface area contributed by atoms with Gasteiger partial charge in [0.2, 0.25) is 5.91 Å². The maximum Gasteiger partial charge on any atom is 0.243 e. The van der Waals surface area contributed by atoms with Crippen molar-refractivity contribution in [2.45, 2.75) is 13.5 Å². The maximum absolute atomic E-state index is 12.1. The quantitative estimate of drug-likeness (QED) is 0.216. The smallest absolute Gasteiger partial charge is 0.243 e. The topological polar surface area (TPSA) is 87.6 Å². The van der Waals surface area contributed by atoms with Crippen LogP contribution in [0, 0.1) is 0 Å². The number of benzene rings is 1. The van der Waals surface area contributed by atoms with Crippen molar-refractivity contribution in [3.8, 4) is 5.75 Å².